The fourth-order valence-electron chi connectivity index (χ4n) is 3.59. The average molecular weight is 419 g/mol. The van der Waals surface area contributed by atoms with Gasteiger partial charge in [-0.15, -0.1) is 11.3 Å². The molecule has 30 heavy (non-hydrogen) atoms. The molecule has 6 heteroatoms. The van der Waals surface area contributed by atoms with Crippen LogP contribution < -0.4 is 10.3 Å². The second kappa shape index (κ2) is 8.55. The molecular weight excluding hydrogens is 396 g/mol. The van der Waals surface area contributed by atoms with Crippen molar-refractivity contribution >= 4 is 28.1 Å². The van der Waals surface area contributed by atoms with Gasteiger partial charge in [0, 0.05) is 28.9 Å². The van der Waals surface area contributed by atoms with Crippen LogP contribution in [0.1, 0.15) is 20.8 Å². The third kappa shape index (κ3) is 3.86. The molecule has 0 saturated heterocycles. The summed E-state index contributed by atoms with van der Waals surface area (Å²) < 4.78 is 7.05. The van der Waals surface area contributed by atoms with Gasteiger partial charge >= 0.3 is 0 Å². The lowest BCUT2D eigenvalue weighted by atomic mass is 10.1. The van der Waals surface area contributed by atoms with Crippen molar-refractivity contribution in [3.8, 4) is 5.75 Å². The minimum atomic E-state index is -0.203. The van der Waals surface area contributed by atoms with Crippen molar-refractivity contribution in [1.82, 2.24) is 9.47 Å². The van der Waals surface area contributed by atoms with Crippen LogP contribution in [0.3, 0.4) is 0 Å². The van der Waals surface area contributed by atoms with E-state index in [0.717, 1.165) is 27.1 Å². The van der Waals surface area contributed by atoms with Gasteiger partial charge in [-0.3, -0.25) is 9.59 Å². The van der Waals surface area contributed by atoms with Crippen molar-refractivity contribution < 1.29 is 9.53 Å². The maximum absolute atomic E-state index is 13.7. The van der Waals surface area contributed by atoms with E-state index in [9.17, 15) is 9.59 Å². The lowest BCUT2D eigenvalue weighted by Gasteiger charge is -2.24. The fraction of sp³-hybridized carbons (Fsp3) is 0.167. The Labute approximate surface area is 178 Å². The quantitative estimate of drug-likeness (QED) is 0.465. The summed E-state index contributed by atoms with van der Waals surface area (Å²) in [6.07, 6.45) is 0. The predicted molar refractivity (Wildman–Crippen MR) is 120 cm³/mol. The molecule has 0 aliphatic rings. The zero-order chi connectivity index (χ0) is 21.1. The first-order valence-electron chi connectivity index (χ1n) is 9.61. The number of pyridine rings is 1. The first-order valence-corrected chi connectivity index (χ1v) is 10.5. The topological polar surface area (TPSA) is 51.5 Å². The number of carbonyl (C=O) groups is 1. The van der Waals surface area contributed by atoms with E-state index in [1.54, 1.807) is 35.0 Å². The normalized spacial score (nSPS) is 10.9. The SMILES string of the molecule is COc1ccccc1CN(Cc1cccs1)C(=O)c1cc(=O)n(C)c2ccccc12. The van der Waals surface area contributed by atoms with Crippen LogP contribution in [0.2, 0.25) is 0 Å². The van der Waals surface area contributed by atoms with Crippen LogP contribution in [0.25, 0.3) is 10.9 Å². The molecule has 0 aliphatic carbocycles. The molecule has 0 fully saturated rings. The van der Waals surface area contributed by atoms with Gasteiger partial charge in [0.25, 0.3) is 11.5 Å². The van der Waals surface area contributed by atoms with Crippen molar-refractivity contribution in [3.05, 3.63) is 98.5 Å². The number of aryl methyl sites for hydroxylation is 1. The van der Waals surface area contributed by atoms with Gasteiger partial charge in [0.15, 0.2) is 0 Å². The van der Waals surface area contributed by atoms with Crippen molar-refractivity contribution in [2.75, 3.05) is 7.11 Å². The molecule has 0 N–H and O–H groups in total. The predicted octanol–water partition coefficient (Wildman–Crippen LogP) is 4.45. The number of carbonyl (C=O) groups excluding carboxylic acids is 1. The summed E-state index contributed by atoms with van der Waals surface area (Å²) in [5.41, 5.74) is 1.87. The third-order valence-corrected chi connectivity index (χ3v) is 6.01. The van der Waals surface area contributed by atoms with Gasteiger partial charge in [-0.05, 0) is 23.6 Å². The molecule has 152 valence electrons. The molecule has 0 radical (unpaired) electrons. The van der Waals surface area contributed by atoms with Crippen LogP contribution in [0, 0.1) is 0 Å². The van der Waals surface area contributed by atoms with E-state index in [1.807, 2.05) is 66.0 Å². The highest BCUT2D eigenvalue weighted by Gasteiger charge is 2.22. The number of hydrogen-bond acceptors (Lipinski definition) is 4. The zero-order valence-electron chi connectivity index (χ0n) is 16.9. The van der Waals surface area contributed by atoms with Gasteiger partial charge in [-0.1, -0.05) is 42.5 Å². The summed E-state index contributed by atoms with van der Waals surface area (Å²) in [5, 5.41) is 2.76. The van der Waals surface area contributed by atoms with Crippen molar-refractivity contribution in [1.29, 1.82) is 0 Å². The second-order valence-electron chi connectivity index (χ2n) is 7.02. The minimum Gasteiger partial charge on any atom is -0.496 e. The van der Waals surface area contributed by atoms with Gasteiger partial charge in [-0.25, -0.2) is 0 Å². The third-order valence-electron chi connectivity index (χ3n) is 5.15. The number of hydrogen-bond donors (Lipinski definition) is 0. The number of fused-ring (bicyclic) bond motifs is 1. The molecule has 0 spiro atoms. The van der Waals surface area contributed by atoms with Crippen LogP contribution in [-0.2, 0) is 20.1 Å². The molecule has 0 atom stereocenters. The Bertz CT molecular complexity index is 1250. The van der Waals surface area contributed by atoms with E-state index in [4.69, 9.17) is 4.74 Å². The summed E-state index contributed by atoms with van der Waals surface area (Å²) in [6, 6.07) is 20.6. The number of rotatable bonds is 6. The number of para-hydroxylation sites is 2. The standard InChI is InChI=1S/C24H22N2O3S/c1-25-21-11-5-4-10-19(21)20(14-23(25)27)24(28)26(16-18-9-7-13-30-18)15-17-8-3-6-12-22(17)29-2/h3-14H,15-16H2,1-2H3. The van der Waals surface area contributed by atoms with Crippen molar-refractivity contribution in [3.63, 3.8) is 0 Å². The van der Waals surface area contributed by atoms with E-state index in [1.165, 1.54) is 6.07 Å². The molecular formula is C24H22N2O3S. The molecule has 2 heterocycles. The Kier molecular flexibility index (Phi) is 5.68. The maximum Gasteiger partial charge on any atom is 0.255 e. The highest BCUT2D eigenvalue weighted by Crippen LogP contribution is 2.25. The van der Waals surface area contributed by atoms with Crippen LogP contribution >= 0.6 is 11.3 Å². The Morgan fingerprint density at radius 2 is 1.80 bits per heavy atom. The molecule has 5 nitrogen and oxygen atoms in total. The van der Waals surface area contributed by atoms with Crippen molar-refractivity contribution in [2.24, 2.45) is 7.05 Å². The lowest BCUT2D eigenvalue weighted by Crippen LogP contribution is -2.31. The number of thiophene rings is 1. The Morgan fingerprint density at radius 3 is 2.57 bits per heavy atom. The Hall–Kier alpha value is -3.38. The summed E-state index contributed by atoms with van der Waals surface area (Å²) in [6.45, 7) is 0.836. The summed E-state index contributed by atoms with van der Waals surface area (Å²) in [5.74, 6) is 0.554. The second-order valence-corrected chi connectivity index (χ2v) is 8.06. The number of amides is 1. The molecule has 0 aliphatic heterocycles. The number of methoxy groups -OCH3 is 1. The van der Waals surface area contributed by atoms with Crippen LogP contribution in [0.4, 0.5) is 0 Å². The zero-order valence-corrected chi connectivity index (χ0v) is 17.7. The highest BCUT2D eigenvalue weighted by atomic mass is 32.1. The highest BCUT2D eigenvalue weighted by molar-refractivity contribution is 7.09. The number of benzene rings is 2. The minimum absolute atomic E-state index is 0.178. The first kappa shape index (κ1) is 19.9. The molecule has 4 rings (SSSR count). The lowest BCUT2D eigenvalue weighted by molar-refractivity contribution is 0.0732. The molecule has 2 aromatic heterocycles. The van der Waals surface area contributed by atoms with E-state index in [-0.39, 0.29) is 11.5 Å². The molecule has 0 bridgehead atoms. The van der Waals surface area contributed by atoms with E-state index in [2.05, 4.69) is 0 Å². The number of ether oxygens (including phenoxy) is 1. The number of nitrogens with zero attached hydrogens (tertiary/aromatic N) is 2. The monoisotopic (exact) mass is 418 g/mol. The van der Waals surface area contributed by atoms with Gasteiger partial charge in [0.1, 0.15) is 5.75 Å². The van der Waals surface area contributed by atoms with Crippen LogP contribution in [0.15, 0.2) is 76.9 Å². The molecule has 0 unspecified atom stereocenters. The summed E-state index contributed by atoms with van der Waals surface area (Å²) in [4.78, 5) is 29.1. The molecule has 1 amide bonds. The van der Waals surface area contributed by atoms with Crippen molar-refractivity contribution in [2.45, 2.75) is 13.1 Å². The van der Waals surface area contributed by atoms with Gasteiger partial charge in [0.05, 0.1) is 31.3 Å². The van der Waals surface area contributed by atoms with Gasteiger partial charge < -0.3 is 14.2 Å². The molecule has 2 aromatic carbocycles. The van der Waals surface area contributed by atoms with E-state index >= 15 is 0 Å². The largest absolute Gasteiger partial charge is 0.496 e. The molecule has 0 saturated carbocycles. The fourth-order valence-corrected chi connectivity index (χ4v) is 4.31. The van der Waals surface area contributed by atoms with Gasteiger partial charge in [0.2, 0.25) is 0 Å². The summed E-state index contributed by atoms with van der Waals surface area (Å²) in [7, 11) is 3.34. The van der Waals surface area contributed by atoms with Crippen LogP contribution in [0.5, 0.6) is 5.75 Å². The first-order chi connectivity index (χ1) is 14.6. The maximum atomic E-state index is 13.7. The Morgan fingerprint density at radius 1 is 1.03 bits per heavy atom. The number of aromatic nitrogens is 1. The molecule has 4 aromatic rings. The van der Waals surface area contributed by atoms with Crippen LogP contribution in [-0.4, -0.2) is 22.5 Å². The average Bonchev–Trinajstić information content (AvgIpc) is 3.29. The smallest absolute Gasteiger partial charge is 0.255 e. The van der Waals surface area contributed by atoms with E-state index in [0.29, 0.717) is 18.7 Å². The van der Waals surface area contributed by atoms with Gasteiger partial charge in [-0.2, -0.15) is 0 Å². The Balaban J connectivity index is 1.79. The summed E-state index contributed by atoms with van der Waals surface area (Å²) >= 11 is 1.60. The van der Waals surface area contributed by atoms with E-state index < -0.39 is 0 Å².